The predicted octanol–water partition coefficient (Wildman–Crippen LogP) is 10.5. The molecule has 0 aliphatic rings. The lowest BCUT2D eigenvalue weighted by molar-refractivity contribution is 1.47. The van der Waals surface area contributed by atoms with Crippen LogP contribution in [0.5, 0.6) is 0 Å². The van der Waals surface area contributed by atoms with E-state index in [9.17, 15) is 0 Å². The molecule has 0 aromatic heterocycles. The van der Waals surface area contributed by atoms with Crippen LogP contribution in [0.4, 0.5) is 0 Å². The van der Waals surface area contributed by atoms with Gasteiger partial charge in [0.25, 0.3) is 0 Å². The molecule has 7 aromatic rings. The van der Waals surface area contributed by atoms with E-state index in [-0.39, 0.29) is 0 Å². The number of fused-ring (bicyclic) bond motifs is 3. The van der Waals surface area contributed by atoms with Gasteiger partial charge in [0.1, 0.15) is 0 Å². The Bertz CT molecular complexity index is 1850. The van der Waals surface area contributed by atoms with Gasteiger partial charge >= 0.3 is 0 Å². The van der Waals surface area contributed by atoms with Gasteiger partial charge in [-0.15, -0.1) is 0 Å². The van der Waals surface area contributed by atoms with Crippen LogP contribution < -0.4 is 0 Å². The van der Waals surface area contributed by atoms with E-state index < -0.39 is 0 Å². The van der Waals surface area contributed by atoms with Gasteiger partial charge in [-0.1, -0.05) is 139 Å². The Morgan fingerprint density at radius 2 is 0.919 bits per heavy atom. The van der Waals surface area contributed by atoms with Crippen LogP contribution in [0.1, 0.15) is 5.56 Å². The number of benzene rings is 7. The fourth-order valence-electron chi connectivity index (χ4n) is 5.75. The number of rotatable bonds is 3. The minimum atomic E-state index is 1.24. The van der Waals surface area contributed by atoms with Crippen molar-refractivity contribution in [1.82, 2.24) is 0 Å². The molecule has 0 spiro atoms. The van der Waals surface area contributed by atoms with Crippen LogP contribution in [-0.2, 0) is 0 Å². The molecule has 0 N–H and O–H groups in total. The highest BCUT2D eigenvalue weighted by Crippen LogP contribution is 2.45. The van der Waals surface area contributed by atoms with Crippen LogP contribution in [0.2, 0.25) is 0 Å². The minimum Gasteiger partial charge on any atom is -0.0622 e. The SMILES string of the molecule is Cc1ccc(-c2c3ccccc3c(-c3cccc4ccc(-c5ccccc5)cc34)c3ccccc23)cc1. The fraction of sp³-hybridized carbons (Fsp3) is 0.0270. The third kappa shape index (κ3) is 3.61. The van der Waals surface area contributed by atoms with Crippen molar-refractivity contribution in [2.45, 2.75) is 6.92 Å². The molecule has 0 heterocycles. The highest BCUT2D eigenvalue weighted by Gasteiger charge is 2.17. The zero-order chi connectivity index (χ0) is 24.8. The van der Waals surface area contributed by atoms with E-state index in [2.05, 4.69) is 146 Å². The summed E-state index contributed by atoms with van der Waals surface area (Å²) >= 11 is 0. The zero-order valence-electron chi connectivity index (χ0n) is 20.8. The monoisotopic (exact) mass is 470 g/mol. The van der Waals surface area contributed by atoms with E-state index in [1.165, 1.54) is 71.3 Å². The first kappa shape index (κ1) is 21.6. The predicted molar refractivity (Wildman–Crippen MR) is 160 cm³/mol. The molecular formula is C37H26. The summed E-state index contributed by atoms with van der Waals surface area (Å²) in [6.07, 6.45) is 0. The van der Waals surface area contributed by atoms with Crippen LogP contribution in [0.15, 0.2) is 140 Å². The second-order valence-corrected chi connectivity index (χ2v) is 9.81. The standard InChI is InChI=1S/C37H26/c1-25-18-20-28(21-19-25)36-30-13-5-7-15-32(30)37(33-16-8-6-14-31(33)36)34-17-9-12-27-22-23-29(24-35(27)34)26-10-3-2-4-11-26/h2-24H,1H3. The molecule has 0 aliphatic heterocycles. The third-order valence-corrected chi connectivity index (χ3v) is 7.53. The molecule has 37 heavy (non-hydrogen) atoms. The molecule has 0 saturated carbocycles. The molecular weight excluding hydrogens is 444 g/mol. The highest BCUT2D eigenvalue weighted by molar-refractivity contribution is 6.23. The quantitative estimate of drug-likeness (QED) is 0.225. The van der Waals surface area contributed by atoms with Crippen molar-refractivity contribution >= 4 is 32.3 Å². The minimum absolute atomic E-state index is 1.24. The van der Waals surface area contributed by atoms with E-state index in [4.69, 9.17) is 0 Å². The first-order valence-corrected chi connectivity index (χ1v) is 12.9. The van der Waals surface area contributed by atoms with E-state index in [1.807, 2.05) is 0 Å². The molecule has 0 radical (unpaired) electrons. The van der Waals surface area contributed by atoms with Gasteiger partial charge in [-0.25, -0.2) is 0 Å². The first-order valence-electron chi connectivity index (χ1n) is 12.9. The highest BCUT2D eigenvalue weighted by atomic mass is 14.2. The second-order valence-electron chi connectivity index (χ2n) is 9.81. The topological polar surface area (TPSA) is 0 Å². The van der Waals surface area contributed by atoms with Crippen LogP contribution in [0.3, 0.4) is 0 Å². The molecule has 0 nitrogen and oxygen atoms in total. The lowest BCUT2D eigenvalue weighted by atomic mass is 9.84. The summed E-state index contributed by atoms with van der Waals surface area (Å²) in [6.45, 7) is 2.15. The summed E-state index contributed by atoms with van der Waals surface area (Å²) in [4.78, 5) is 0. The molecule has 0 fully saturated rings. The Balaban J connectivity index is 1.60. The van der Waals surface area contributed by atoms with Gasteiger partial charge < -0.3 is 0 Å². The van der Waals surface area contributed by atoms with Crippen molar-refractivity contribution in [2.75, 3.05) is 0 Å². The van der Waals surface area contributed by atoms with Gasteiger partial charge in [0, 0.05) is 0 Å². The van der Waals surface area contributed by atoms with Gasteiger partial charge in [-0.3, -0.25) is 0 Å². The van der Waals surface area contributed by atoms with E-state index in [1.54, 1.807) is 0 Å². The van der Waals surface area contributed by atoms with Crippen molar-refractivity contribution in [3.05, 3.63) is 145 Å². The largest absolute Gasteiger partial charge is 0.0622 e. The second kappa shape index (κ2) is 8.76. The van der Waals surface area contributed by atoms with Crippen LogP contribution in [-0.4, -0.2) is 0 Å². The smallest absolute Gasteiger partial charge is 0.00201 e. The Kier molecular flexibility index (Phi) is 5.11. The van der Waals surface area contributed by atoms with E-state index in [0.29, 0.717) is 0 Å². The summed E-state index contributed by atoms with van der Waals surface area (Å²) < 4.78 is 0. The summed E-state index contributed by atoms with van der Waals surface area (Å²) in [5.74, 6) is 0. The van der Waals surface area contributed by atoms with Crippen molar-refractivity contribution in [3.8, 4) is 33.4 Å². The number of hydrogen-bond donors (Lipinski definition) is 0. The summed E-state index contributed by atoms with van der Waals surface area (Å²) in [5, 5.41) is 7.69. The molecule has 174 valence electrons. The van der Waals surface area contributed by atoms with Gasteiger partial charge in [-0.2, -0.15) is 0 Å². The lowest BCUT2D eigenvalue weighted by Gasteiger charge is -2.19. The molecule has 7 aromatic carbocycles. The van der Waals surface area contributed by atoms with E-state index in [0.717, 1.165) is 0 Å². The third-order valence-electron chi connectivity index (χ3n) is 7.53. The van der Waals surface area contributed by atoms with Crippen molar-refractivity contribution < 1.29 is 0 Å². The molecule has 0 aliphatic carbocycles. The Labute approximate surface area is 217 Å². The maximum absolute atomic E-state index is 2.36. The maximum atomic E-state index is 2.36. The summed E-state index contributed by atoms with van der Waals surface area (Å²) in [7, 11) is 0. The Morgan fingerprint density at radius 3 is 1.57 bits per heavy atom. The van der Waals surface area contributed by atoms with Crippen molar-refractivity contribution in [2.24, 2.45) is 0 Å². The van der Waals surface area contributed by atoms with Crippen LogP contribution in [0.25, 0.3) is 65.7 Å². The molecule has 0 bridgehead atoms. The first-order chi connectivity index (χ1) is 18.3. The molecule has 0 saturated heterocycles. The zero-order valence-corrected chi connectivity index (χ0v) is 20.8. The van der Waals surface area contributed by atoms with Gasteiger partial charge in [-0.05, 0) is 78.7 Å². The average Bonchev–Trinajstić information content (AvgIpc) is 2.96. The summed E-state index contributed by atoms with van der Waals surface area (Å²) in [6, 6.07) is 50.9. The number of aryl methyl sites for hydroxylation is 1. The van der Waals surface area contributed by atoms with Crippen LogP contribution >= 0.6 is 0 Å². The molecule has 0 heteroatoms. The van der Waals surface area contributed by atoms with Gasteiger partial charge in [0.15, 0.2) is 0 Å². The molecule has 7 rings (SSSR count). The molecule has 0 unspecified atom stereocenters. The summed E-state index contributed by atoms with van der Waals surface area (Å²) in [5.41, 5.74) is 8.90. The maximum Gasteiger partial charge on any atom is -0.00201 e. The fourth-order valence-corrected chi connectivity index (χ4v) is 5.75. The van der Waals surface area contributed by atoms with Gasteiger partial charge in [0.2, 0.25) is 0 Å². The number of hydrogen-bond acceptors (Lipinski definition) is 0. The van der Waals surface area contributed by atoms with Gasteiger partial charge in [0.05, 0.1) is 0 Å². The normalized spacial score (nSPS) is 11.4. The van der Waals surface area contributed by atoms with Crippen molar-refractivity contribution in [3.63, 3.8) is 0 Å². The average molecular weight is 471 g/mol. The van der Waals surface area contributed by atoms with Crippen molar-refractivity contribution in [1.29, 1.82) is 0 Å². The van der Waals surface area contributed by atoms with E-state index >= 15 is 0 Å². The Morgan fingerprint density at radius 1 is 0.351 bits per heavy atom. The lowest BCUT2D eigenvalue weighted by Crippen LogP contribution is -1.92. The molecule has 0 atom stereocenters. The Hall–Kier alpha value is -4.68. The molecule has 0 amide bonds. The van der Waals surface area contributed by atoms with Crippen LogP contribution in [0, 0.1) is 6.92 Å².